The van der Waals surface area contributed by atoms with E-state index in [-0.39, 0.29) is 24.2 Å². The van der Waals surface area contributed by atoms with Gasteiger partial charge in [0.2, 0.25) is 5.91 Å². The highest BCUT2D eigenvalue weighted by Gasteiger charge is 2.42. The predicted octanol–water partition coefficient (Wildman–Crippen LogP) is 4.07. The summed E-state index contributed by atoms with van der Waals surface area (Å²) in [4.78, 5) is 28.3. The maximum absolute atomic E-state index is 13.5. The molecule has 0 aromatic heterocycles. The van der Waals surface area contributed by atoms with Crippen LogP contribution in [0.3, 0.4) is 0 Å². The summed E-state index contributed by atoms with van der Waals surface area (Å²) in [5.74, 6) is -0.301. The van der Waals surface area contributed by atoms with Crippen molar-refractivity contribution in [1.29, 1.82) is 0 Å². The van der Waals surface area contributed by atoms with Gasteiger partial charge >= 0.3 is 0 Å². The third kappa shape index (κ3) is 4.26. The largest absolute Gasteiger partial charge is 0.493 e. The van der Waals surface area contributed by atoms with Crippen molar-refractivity contribution in [2.75, 3.05) is 21.3 Å². The SMILES string of the molecule is COc1ccc(C2C(C(=O)NCc3ccc(F)cc3)c3ccccc3C(=O)N2C)cc1OC. The number of rotatable bonds is 6. The van der Waals surface area contributed by atoms with Crippen LogP contribution < -0.4 is 14.8 Å². The third-order valence-electron chi connectivity index (χ3n) is 5.99. The minimum absolute atomic E-state index is 0.159. The highest BCUT2D eigenvalue weighted by atomic mass is 19.1. The third-order valence-corrected chi connectivity index (χ3v) is 5.99. The van der Waals surface area contributed by atoms with Gasteiger partial charge < -0.3 is 19.7 Å². The van der Waals surface area contributed by atoms with E-state index in [0.29, 0.717) is 22.6 Å². The van der Waals surface area contributed by atoms with Crippen molar-refractivity contribution in [1.82, 2.24) is 10.2 Å². The fourth-order valence-corrected chi connectivity index (χ4v) is 4.31. The number of hydrogen-bond acceptors (Lipinski definition) is 4. The number of likely N-dealkylation sites (N-methyl/N-ethyl adjacent to an activating group) is 1. The average Bonchev–Trinajstić information content (AvgIpc) is 2.85. The Morgan fingerprint density at radius 3 is 2.39 bits per heavy atom. The summed E-state index contributed by atoms with van der Waals surface area (Å²) in [6.45, 7) is 0.244. The number of nitrogens with one attached hydrogen (secondary N) is 1. The van der Waals surface area contributed by atoms with Gasteiger partial charge in [-0.25, -0.2) is 4.39 Å². The fraction of sp³-hybridized carbons (Fsp3) is 0.231. The maximum atomic E-state index is 13.5. The molecule has 6 nitrogen and oxygen atoms in total. The number of halogens is 1. The molecule has 1 N–H and O–H groups in total. The summed E-state index contributed by atoms with van der Waals surface area (Å²) in [7, 11) is 4.79. The highest BCUT2D eigenvalue weighted by Crippen LogP contribution is 2.44. The van der Waals surface area contributed by atoms with Crippen LogP contribution in [0.15, 0.2) is 66.7 Å². The number of carbonyl (C=O) groups is 2. The van der Waals surface area contributed by atoms with Gasteiger partial charge in [0, 0.05) is 19.2 Å². The summed E-state index contributed by atoms with van der Waals surface area (Å²) in [5.41, 5.74) is 2.69. The van der Waals surface area contributed by atoms with Crippen molar-refractivity contribution in [3.63, 3.8) is 0 Å². The van der Waals surface area contributed by atoms with Crippen molar-refractivity contribution in [3.05, 3.63) is 94.8 Å². The summed E-state index contributed by atoms with van der Waals surface area (Å²) in [6.07, 6.45) is 0. The van der Waals surface area contributed by atoms with E-state index in [1.54, 1.807) is 62.6 Å². The van der Waals surface area contributed by atoms with E-state index in [4.69, 9.17) is 9.47 Å². The molecule has 0 fully saturated rings. The molecule has 0 saturated heterocycles. The molecule has 0 spiro atoms. The first kappa shape index (κ1) is 22.3. The van der Waals surface area contributed by atoms with Gasteiger partial charge in [0.1, 0.15) is 5.82 Å². The first-order valence-electron chi connectivity index (χ1n) is 10.5. The van der Waals surface area contributed by atoms with Gasteiger partial charge in [-0.2, -0.15) is 0 Å². The zero-order valence-corrected chi connectivity index (χ0v) is 18.7. The molecule has 1 aliphatic heterocycles. The van der Waals surface area contributed by atoms with E-state index in [1.165, 1.54) is 12.1 Å². The minimum atomic E-state index is -0.651. The first-order chi connectivity index (χ1) is 15.9. The molecule has 1 aliphatic rings. The zero-order chi connectivity index (χ0) is 23.5. The van der Waals surface area contributed by atoms with Crippen LogP contribution in [0.1, 0.15) is 39.0 Å². The van der Waals surface area contributed by atoms with Crippen LogP contribution in [0.2, 0.25) is 0 Å². The Hall–Kier alpha value is -3.87. The lowest BCUT2D eigenvalue weighted by Crippen LogP contribution is -2.45. The van der Waals surface area contributed by atoms with Gasteiger partial charge in [-0.3, -0.25) is 9.59 Å². The molecule has 2 unspecified atom stereocenters. The van der Waals surface area contributed by atoms with E-state index < -0.39 is 12.0 Å². The second-order valence-electron chi connectivity index (χ2n) is 7.88. The van der Waals surface area contributed by atoms with Crippen LogP contribution in [-0.4, -0.2) is 38.0 Å². The first-order valence-corrected chi connectivity index (χ1v) is 10.5. The Morgan fingerprint density at radius 1 is 1.00 bits per heavy atom. The molecule has 7 heteroatoms. The quantitative estimate of drug-likeness (QED) is 0.617. The number of carbonyl (C=O) groups excluding carboxylic acids is 2. The van der Waals surface area contributed by atoms with Crippen molar-refractivity contribution >= 4 is 11.8 Å². The lowest BCUT2D eigenvalue weighted by molar-refractivity contribution is -0.124. The molecule has 33 heavy (non-hydrogen) atoms. The Balaban J connectivity index is 1.74. The van der Waals surface area contributed by atoms with E-state index in [1.807, 2.05) is 18.2 Å². The number of hydrogen-bond donors (Lipinski definition) is 1. The predicted molar refractivity (Wildman–Crippen MR) is 122 cm³/mol. The number of fused-ring (bicyclic) bond motifs is 1. The summed E-state index contributed by atoms with van der Waals surface area (Å²) in [6, 6.07) is 18.0. The maximum Gasteiger partial charge on any atom is 0.254 e. The number of nitrogens with zero attached hydrogens (tertiary/aromatic N) is 1. The zero-order valence-electron chi connectivity index (χ0n) is 18.7. The van der Waals surface area contributed by atoms with Crippen LogP contribution in [0.5, 0.6) is 11.5 Å². The lowest BCUT2D eigenvalue weighted by Gasteiger charge is -2.40. The van der Waals surface area contributed by atoms with E-state index in [0.717, 1.165) is 11.1 Å². The van der Waals surface area contributed by atoms with Crippen LogP contribution in [0.25, 0.3) is 0 Å². The molecule has 0 bridgehead atoms. The summed E-state index contributed by atoms with van der Waals surface area (Å²) in [5, 5.41) is 2.96. The van der Waals surface area contributed by atoms with Gasteiger partial charge in [-0.05, 0) is 47.0 Å². The van der Waals surface area contributed by atoms with Crippen molar-refractivity contribution < 1.29 is 23.5 Å². The Bertz CT molecular complexity index is 1180. The number of methoxy groups -OCH3 is 2. The molecular formula is C26H25FN2O4. The minimum Gasteiger partial charge on any atom is -0.493 e. The molecule has 1 heterocycles. The van der Waals surface area contributed by atoms with Crippen molar-refractivity contribution in [3.8, 4) is 11.5 Å². The van der Waals surface area contributed by atoms with Gasteiger partial charge in [0.25, 0.3) is 5.91 Å². The van der Waals surface area contributed by atoms with Gasteiger partial charge in [-0.15, -0.1) is 0 Å². The van der Waals surface area contributed by atoms with E-state index >= 15 is 0 Å². The second-order valence-corrected chi connectivity index (χ2v) is 7.88. The summed E-state index contributed by atoms with van der Waals surface area (Å²) < 4.78 is 24.0. The van der Waals surface area contributed by atoms with Crippen molar-refractivity contribution in [2.24, 2.45) is 0 Å². The van der Waals surface area contributed by atoms with Crippen LogP contribution in [0.4, 0.5) is 4.39 Å². The van der Waals surface area contributed by atoms with E-state index in [9.17, 15) is 14.0 Å². The lowest BCUT2D eigenvalue weighted by atomic mass is 9.79. The highest BCUT2D eigenvalue weighted by molar-refractivity contribution is 6.01. The second kappa shape index (κ2) is 9.32. The monoisotopic (exact) mass is 448 g/mol. The van der Waals surface area contributed by atoms with Gasteiger partial charge in [-0.1, -0.05) is 36.4 Å². The molecule has 0 saturated carbocycles. The molecule has 3 aromatic carbocycles. The molecule has 0 radical (unpaired) electrons. The van der Waals surface area contributed by atoms with Crippen LogP contribution in [-0.2, 0) is 11.3 Å². The van der Waals surface area contributed by atoms with E-state index in [2.05, 4.69) is 5.32 Å². The molecule has 170 valence electrons. The molecule has 2 atom stereocenters. The van der Waals surface area contributed by atoms with Gasteiger partial charge in [0.05, 0.1) is 26.2 Å². The van der Waals surface area contributed by atoms with Crippen molar-refractivity contribution in [2.45, 2.75) is 18.5 Å². The molecule has 4 rings (SSSR count). The molecule has 0 aliphatic carbocycles. The Morgan fingerprint density at radius 2 is 1.70 bits per heavy atom. The van der Waals surface area contributed by atoms with Crippen LogP contribution >= 0.6 is 0 Å². The Kier molecular flexibility index (Phi) is 6.31. The number of amides is 2. The molecule has 2 amide bonds. The fourth-order valence-electron chi connectivity index (χ4n) is 4.31. The standard InChI is InChI=1S/C26H25FN2O4/c1-29-24(17-10-13-21(32-2)22(14-17)33-3)23(19-6-4-5-7-20(19)26(29)31)25(30)28-15-16-8-11-18(27)12-9-16/h4-14,23-24H,15H2,1-3H3,(H,28,30). The molecule has 3 aromatic rings. The smallest absolute Gasteiger partial charge is 0.254 e. The number of benzene rings is 3. The number of ether oxygens (including phenoxy) is 2. The summed E-state index contributed by atoms with van der Waals surface area (Å²) >= 11 is 0. The topological polar surface area (TPSA) is 67.9 Å². The Labute approximate surface area is 191 Å². The molecular weight excluding hydrogens is 423 g/mol. The normalized spacial score (nSPS) is 17.3. The average molecular weight is 448 g/mol. The van der Waals surface area contributed by atoms with Crippen LogP contribution in [0, 0.1) is 5.82 Å². The van der Waals surface area contributed by atoms with Gasteiger partial charge in [0.15, 0.2) is 11.5 Å².